The topological polar surface area (TPSA) is 61.4 Å². The van der Waals surface area contributed by atoms with Crippen LogP contribution in [0.3, 0.4) is 0 Å². The first-order chi connectivity index (χ1) is 8.15. The molecule has 5 heteroatoms. The summed E-state index contributed by atoms with van der Waals surface area (Å²) in [4.78, 5) is 25.1. The minimum Gasteiger partial charge on any atom is -0.355 e. The first kappa shape index (κ1) is 12.4. The maximum Gasteiger partial charge on any atom is 0.224 e. The summed E-state index contributed by atoms with van der Waals surface area (Å²) in [5, 5.41) is 5.75. The minimum absolute atomic E-state index is 0.0353. The van der Waals surface area contributed by atoms with Gasteiger partial charge >= 0.3 is 0 Å². The number of hydrogen-bond donors (Lipinski definition) is 2. The van der Waals surface area contributed by atoms with Crippen molar-refractivity contribution >= 4 is 11.8 Å². The van der Waals surface area contributed by atoms with E-state index in [-0.39, 0.29) is 17.7 Å². The van der Waals surface area contributed by atoms with Gasteiger partial charge in [-0.25, -0.2) is 0 Å². The summed E-state index contributed by atoms with van der Waals surface area (Å²) in [5.41, 5.74) is 0. The lowest BCUT2D eigenvalue weighted by atomic mass is 9.98. The summed E-state index contributed by atoms with van der Waals surface area (Å²) in [6, 6.07) is 0. The van der Waals surface area contributed by atoms with Gasteiger partial charge in [-0.3, -0.25) is 9.59 Å². The molecule has 2 aliphatic rings. The van der Waals surface area contributed by atoms with E-state index >= 15 is 0 Å². The van der Waals surface area contributed by atoms with Crippen molar-refractivity contribution < 1.29 is 9.59 Å². The van der Waals surface area contributed by atoms with Gasteiger partial charge in [0.1, 0.15) is 0 Å². The Hall–Kier alpha value is -1.10. The van der Waals surface area contributed by atoms with E-state index in [2.05, 4.69) is 22.6 Å². The maximum absolute atomic E-state index is 11.9. The van der Waals surface area contributed by atoms with Crippen LogP contribution in [0.15, 0.2) is 0 Å². The summed E-state index contributed by atoms with van der Waals surface area (Å²) >= 11 is 0. The first-order valence-electron chi connectivity index (χ1n) is 6.38. The highest BCUT2D eigenvalue weighted by atomic mass is 16.2. The molecule has 2 fully saturated rings. The van der Waals surface area contributed by atoms with E-state index in [0.717, 1.165) is 26.1 Å². The number of carbonyl (C=O) groups is 2. The number of likely N-dealkylation sites (tertiary alicyclic amines) is 1. The maximum atomic E-state index is 11.9. The average molecular weight is 239 g/mol. The fourth-order valence-electron chi connectivity index (χ4n) is 2.54. The van der Waals surface area contributed by atoms with Gasteiger partial charge in [-0.05, 0) is 32.4 Å². The lowest BCUT2D eigenvalue weighted by Crippen LogP contribution is -2.44. The molecule has 0 saturated carbocycles. The van der Waals surface area contributed by atoms with Crippen molar-refractivity contribution in [2.75, 3.05) is 33.2 Å². The van der Waals surface area contributed by atoms with Gasteiger partial charge in [0.2, 0.25) is 11.8 Å². The Morgan fingerprint density at radius 2 is 2.35 bits per heavy atom. The second-order valence-corrected chi connectivity index (χ2v) is 5.20. The Kier molecular flexibility index (Phi) is 3.99. The third kappa shape index (κ3) is 3.43. The number of piperidine rings is 1. The molecule has 0 bridgehead atoms. The van der Waals surface area contributed by atoms with Crippen molar-refractivity contribution in [3.63, 3.8) is 0 Å². The van der Waals surface area contributed by atoms with Gasteiger partial charge in [-0.15, -0.1) is 0 Å². The zero-order chi connectivity index (χ0) is 12.3. The van der Waals surface area contributed by atoms with Crippen LogP contribution in [0.1, 0.15) is 19.3 Å². The van der Waals surface area contributed by atoms with Crippen molar-refractivity contribution in [1.29, 1.82) is 0 Å². The van der Waals surface area contributed by atoms with E-state index < -0.39 is 0 Å². The molecular weight excluding hydrogens is 218 g/mol. The predicted molar refractivity (Wildman–Crippen MR) is 64.3 cm³/mol. The minimum atomic E-state index is -0.0353. The van der Waals surface area contributed by atoms with E-state index in [1.54, 1.807) is 0 Å². The largest absolute Gasteiger partial charge is 0.355 e. The van der Waals surface area contributed by atoms with Crippen molar-refractivity contribution in [3.05, 3.63) is 0 Å². The Morgan fingerprint density at radius 3 is 2.94 bits per heavy atom. The lowest BCUT2D eigenvalue weighted by molar-refractivity contribution is -0.129. The molecule has 0 aromatic heterocycles. The Bertz CT molecular complexity index is 296. The Labute approximate surface area is 102 Å². The smallest absolute Gasteiger partial charge is 0.224 e. The molecule has 2 amide bonds. The molecule has 5 nitrogen and oxygen atoms in total. The number of hydrogen-bond acceptors (Lipinski definition) is 3. The number of carbonyl (C=O) groups excluding carboxylic acids is 2. The van der Waals surface area contributed by atoms with Crippen LogP contribution in [0.4, 0.5) is 0 Å². The second-order valence-electron chi connectivity index (χ2n) is 5.20. The van der Waals surface area contributed by atoms with Crippen molar-refractivity contribution in [2.45, 2.75) is 19.3 Å². The third-order valence-corrected chi connectivity index (χ3v) is 3.69. The summed E-state index contributed by atoms with van der Waals surface area (Å²) < 4.78 is 0. The van der Waals surface area contributed by atoms with Crippen LogP contribution in [-0.2, 0) is 9.59 Å². The normalized spacial score (nSPS) is 30.1. The molecule has 17 heavy (non-hydrogen) atoms. The fourth-order valence-corrected chi connectivity index (χ4v) is 2.54. The molecule has 2 atom stereocenters. The van der Waals surface area contributed by atoms with E-state index in [1.165, 1.54) is 0 Å². The summed E-state index contributed by atoms with van der Waals surface area (Å²) in [7, 11) is 2.11. The van der Waals surface area contributed by atoms with Crippen molar-refractivity contribution in [2.24, 2.45) is 11.8 Å². The SMILES string of the molecule is CN1CCC(CNC(=O)C2CCC(=O)NC2)C1. The van der Waals surface area contributed by atoms with E-state index in [4.69, 9.17) is 0 Å². The van der Waals surface area contributed by atoms with Crippen LogP contribution in [-0.4, -0.2) is 49.9 Å². The lowest BCUT2D eigenvalue weighted by Gasteiger charge is -2.22. The summed E-state index contributed by atoms with van der Waals surface area (Å²) in [5.74, 6) is 0.708. The van der Waals surface area contributed by atoms with Crippen LogP contribution in [0, 0.1) is 11.8 Å². The van der Waals surface area contributed by atoms with E-state index in [1.807, 2.05) is 0 Å². The van der Waals surface area contributed by atoms with E-state index in [9.17, 15) is 9.59 Å². The third-order valence-electron chi connectivity index (χ3n) is 3.69. The Balaban J connectivity index is 1.68. The van der Waals surface area contributed by atoms with Gasteiger partial charge in [0, 0.05) is 26.1 Å². The average Bonchev–Trinajstić information content (AvgIpc) is 2.73. The quantitative estimate of drug-likeness (QED) is 0.703. The van der Waals surface area contributed by atoms with Crippen LogP contribution < -0.4 is 10.6 Å². The molecule has 2 rings (SSSR count). The molecule has 2 unspecified atom stereocenters. The molecule has 2 aliphatic heterocycles. The van der Waals surface area contributed by atoms with E-state index in [0.29, 0.717) is 25.3 Å². The van der Waals surface area contributed by atoms with Gasteiger partial charge in [0.05, 0.1) is 5.92 Å². The molecule has 0 aromatic carbocycles. The first-order valence-corrected chi connectivity index (χ1v) is 6.38. The van der Waals surface area contributed by atoms with Crippen molar-refractivity contribution in [3.8, 4) is 0 Å². The standard InChI is InChI=1S/C12H21N3O2/c1-15-5-4-9(8-15)6-14-12(17)10-2-3-11(16)13-7-10/h9-10H,2-8H2,1H3,(H,13,16)(H,14,17). The zero-order valence-corrected chi connectivity index (χ0v) is 10.4. The molecule has 2 N–H and O–H groups in total. The molecule has 2 saturated heterocycles. The van der Waals surface area contributed by atoms with Gasteiger partial charge < -0.3 is 15.5 Å². The Morgan fingerprint density at radius 1 is 1.53 bits per heavy atom. The molecule has 0 spiro atoms. The van der Waals surface area contributed by atoms with Crippen molar-refractivity contribution in [1.82, 2.24) is 15.5 Å². The monoisotopic (exact) mass is 239 g/mol. The number of nitrogens with one attached hydrogen (secondary N) is 2. The molecule has 2 heterocycles. The highest BCUT2D eigenvalue weighted by Crippen LogP contribution is 2.14. The molecule has 0 radical (unpaired) electrons. The number of nitrogens with zero attached hydrogens (tertiary/aromatic N) is 1. The number of amides is 2. The van der Waals surface area contributed by atoms with Gasteiger partial charge in [-0.2, -0.15) is 0 Å². The highest BCUT2D eigenvalue weighted by Gasteiger charge is 2.25. The fraction of sp³-hybridized carbons (Fsp3) is 0.833. The second kappa shape index (κ2) is 5.49. The molecule has 96 valence electrons. The van der Waals surface area contributed by atoms with Gasteiger partial charge in [0.15, 0.2) is 0 Å². The zero-order valence-electron chi connectivity index (χ0n) is 10.4. The van der Waals surface area contributed by atoms with Crippen LogP contribution in [0.5, 0.6) is 0 Å². The van der Waals surface area contributed by atoms with Crippen LogP contribution in [0.2, 0.25) is 0 Å². The highest BCUT2D eigenvalue weighted by molar-refractivity contribution is 5.83. The molecule has 0 aliphatic carbocycles. The predicted octanol–water partition coefficient (Wildman–Crippen LogP) is -0.419. The molecular formula is C12H21N3O2. The summed E-state index contributed by atoms with van der Waals surface area (Å²) in [6.07, 6.45) is 2.32. The molecule has 0 aromatic rings. The van der Waals surface area contributed by atoms with Gasteiger partial charge in [0.25, 0.3) is 0 Å². The number of rotatable bonds is 3. The van der Waals surface area contributed by atoms with Crippen LogP contribution >= 0.6 is 0 Å². The summed E-state index contributed by atoms with van der Waals surface area (Å²) in [6.45, 7) is 3.46. The van der Waals surface area contributed by atoms with Crippen LogP contribution in [0.25, 0.3) is 0 Å². The van der Waals surface area contributed by atoms with Gasteiger partial charge in [-0.1, -0.05) is 0 Å².